The number of phenols is 2. The maximum Gasteiger partial charge on any atom is 0.115 e. The standard InChI is InChI=1S/C18H24N2O2S2/c21-15-5-1-13(2-6-15)17(11-23)19-9-10-20-18(12-24)14-3-7-16(22)8-4-14/h1-8,17-24H,9-12H2. The van der Waals surface area contributed by atoms with Crippen molar-refractivity contribution < 1.29 is 10.2 Å². The topological polar surface area (TPSA) is 64.5 Å². The number of thiol groups is 2. The molecule has 0 fully saturated rings. The molecule has 2 rings (SSSR count). The Morgan fingerprint density at radius 1 is 0.667 bits per heavy atom. The van der Waals surface area contributed by atoms with Gasteiger partial charge in [-0.25, -0.2) is 0 Å². The molecule has 130 valence electrons. The first-order chi connectivity index (χ1) is 11.6. The summed E-state index contributed by atoms with van der Waals surface area (Å²) in [4.78, 5) is 0. The van der Waals surface area contributed by atoms with Crippen molar-refractivity contribution in [3.05, 3.63) is 59.7 Å². The normalized spacial score (nSPS) is 13.6. The van der Waals surface area contributed by atoms with Crippen LogP contribution in [0.4, 0.5) is 0 Å². The van der Waals surface area contributed by atoms with Crippen molar-refractivity contribution in [1.82, 2.24) is 10.6 Å². The van der Waals surface area contributed by atoms with E-state index < -0.39 is 0 Å². The van der Waals surface area contributed by atoms with Crippen LogP contribution >= 0.6 is 25.3 Å². The zero-order valence-corrected chi connectivity index (χ0v) is 15.2. The molecule has 2 aromatic rings. The lowest BCUT2D eigenvalue weighted by atomic mass is 10.1. The van der Waals surface area contributed by atoms with Crippen LogP contribution in [-0.4, -0.2) is 34.8 Å². The summed E-state index contributed by atoms with van der Waals surface area (Å²) in [5.74, 6) is 1.89. The number of hydrogen-bond donors (Lipinski definition) is 6. The molecule has 0 aliphatic heterocycles. The average molecular weight is 365 g/mol. The Balaban J connectivity index is 1.81. The number of rotatable bonds is 9. The van der Waals surface area contributed by atoms with E-state index in [1.54, 1.807) is 24.3 Å². The van der Waals surface area contributed by atoms with Crippen LogP contribution in [0.1, 0.15) is 23.2 Å². The van der Waals surface area contributed by atoms with Gasteiger partial charge in [0.1, 0.15) is 11.5 Å². The average Bonchev–Trinajstić information content (AvgIpc) is 2.60. The van der Waals surface area contributed by atoms with Crippen molar-refractivity contribution in [1.29, 1.82) is 0 Å². The van der Waals surface area contributed by atoms with E-state index in [0.29, 0.717) is 11.5 Å². The Labute approximate surface area is 154 Å². The Bertz CT molecular complexity index is 550. The van der Waals surface area contributed by atoms with Gasteiger partial charge in [-0.15, -0.1) is 0 Å². The zero-order valence-electron chi connectivity index (χ0n) is 13.4. The van der Waals surface area contributed by atoms with Gasteiger partial charge in [0.2, 0.25) is 0 Å². The van der Waals surface area contributed by atoms with Crippen LogP contribution in [0.2, 0.25) is 0 Å². The van der Waals surface area contributed by atoms with Crippen molar-refractivity contribution in [3.8, 4) is 11.5 Å². The van der Waals surface area contributed by atoms with Gasteiger partial charge in [-0.2, -0.15) is 25.3 Å². The highest BCUT2D eigenvalue weighted by Crippen LogP contribution is 2.19. The zero-order chi connectivity index (χ0) is 17.4. The number of nitrogens with one attached hydrogen (secondary N) is 2. The van der Waals surface area contributed by atoms with Crippen LogP contribution in [0.5, 0.6) is 11.5 Å². The van der Waals surface area contributed by atoms with Crippen molar-refractivity contribution in [2.45, 2.75) is 12.1 Å². The smallest absolute Gasteiger partial charge is 0.115 e. The van der Waals surface area contributed by atoms with Crippen LogP contribution in [-0.2, 0) is 0 Å². The highest BCUT2D eigenvalue weighted by atomic mass is 32.1. The Morgan fingerprint density at radius 2 is 1.00 bits per heavy atom. The second kappa shape index (κ2) is 9.84. The summed E-state index contributed by atoms with van der Waals surface area (Å²) in [6, 6.07) is 14.7. The molecule has 6 heteroatoms. The molecule has 2 unspecified atom stereocenters. The van der Waals surface area contributed by atoms with Crippen LogP contribution in [0.3, 0.4) is 0 Å². The molecule has 0 heterocycles. The van der Waals surface area contributed by atoms with Crippen LogP contribution < -0.4 is 10.6 Å². The summed E-state index contributed by atoms with van der Waals surface area (Å²) in [5.41, 5.74) is 2.21. The first-order valence-corrected chi connectivity index (χ1v) is 9.17. The van der Waals surface area contributed by atoms with Crippen molar-refractivity contribution in [2.75, 3.05) is 24.6 Å². The van der Waals surface area contributed by atoms with Gasteiger partial charge in [0.05, 0.1) is 0 Å². The third-order valence-electron chi connectivity index (χ3n) is 3.86. The van der Waals surface area contributed by atoms with Gasteiger partial charge in [0, 0.05) is 36.7 Å². The molecule has 4 N–H and O–H groups in total. The fourth-order valence-corrected chi connectivity index (χ4v) is 3.16. The molecule has 0 aliphatic rings. The van der Waals surface area contributed by atoms with Crippen LogP contribution in [0.25, 0.3) is 0 Å². The Morgan fingerprint density at radius 3 is 1.29 bits per heavy atom. The van der Waals surface area contributed by atoms with E-state index in [0.717, 1.165) is 24.2 Å². The molecule has 0 amide bonds. The molecule has 24 heavy (non-hydrogen) atoms. The lowest BCUT2D eigenvalue weighted by molar-refractivity contribution is 0.473. The van der Waals surface area contributed by atoms with E-state index in [-0.39, 0.29) is 23.6 Å². The second-order valence-corrected chi connectivity index (χ2v) is 6.29. The number of phenolic OH excluding ortho intramolecular Hbond substituents is 2. The summed E-state index contributed by atoms with van der Waals surface area (Å²) >= 11 is 8.80. The summed E-state index contributed by atoms with van der Waals surface area (Å²) in [6.07, 6.45) is 0. The molecule has 0 radical (unpaired) electrons. The predicted octanol–water partition coefficient (Wildman–Crippen LogP) is 2.92. The van der Waals surface area contributed by atoms with Gasteiger partial charge in [-0.3, -0.25) is 0 Å². The van der Waals surface area contributed by atoms with Gasteiger partial charge in [-0.1, -0.05) is 24.3 Å². The van der Waals surface area contributed by atoms with Gasteiger partial charge >= 0.3 is 0 Å². The first kappa shape index (κ1) is 19.0. The lowest BCUT2D eigenvalue weighted by Gasteiger charge is -2.20. The highest BCUT2D eigenvalue weighted by Gasteiger charge is 2.11. The van der Waals surface area contributed by atoms with Gasteiger partial charge in [-0.05, 0) is 35.4 Å². The third-order valence-corrected chi connectivity index (χ3v) is 4.59. The molecule has 2 atom stereocenters. The Hall–Kier alpha value is -1.34. The number of hydrogen-bond acceptors (Lipinski definition) is 6. The number of aromatic hydroxyl groups is 2. The molecule has 2 aromatic carbocycles. The summed E-state index contributed by atoms with van der Waals surface area (Å²) in [7, 11) is 0. The lowest BCUT2D eigenvalue weighted by Crippen LogP contribution is -2.33. The summed E-state index contributed by atoms with van der Waals surface area (Å²) in [6.45, 7) is 1.57. The van der Waals surface area contributed by atoms with E-state index in [2.05, 4.69) is 35.9 Å². The molecular weight excluding hydrogens is 340 g/mol. The predicted molar refractivity (Wildman–Crippen MR) is 105 cm³/mol. The van der Waals surface area contributed by atoms with Crippen molar-refractivity contribution in [3.63, 3.8) is 0 Å². The van der Waals surface area contributed by atoms with Gasteiger partial charge in [0.15, 0.2) is 0 Å². The first-order valence-electron chi connectivity index (χ1n) is 7.90. The van der Waals surface area contributed by atoms with Gasteiger partial charge < -0.3 is 20.8 Å². The minimum Gasteiger partial charge on any atom is -0.508 e. The molecule has 0 aliphatic carbocycles. The minimum absolute atomic E-state index is 0.138. The molecule has 0 saturated carbocycles. The minimum atomic E-state index is 0.138. The van der Waals surface area contributed by atoms with Crippen molar-refractivity contribution >= 4 is 25.3 Å². The van der Waals surface area contributed by atoms with E-state index in [4.69, 9.17) is 0 Å². The second-order valence-electron chi connectivity index (χ2n) is 5.56. The molecule has 0 aromatic heterocycles. The molecular formula is C18H24N2O2S2. The monoisotopic (exact) mass is 364 g/mol. The Kier molecular flexibility index (Phi) is 7.78. The van der Waals surface area contributed by atoms with Crippen LogP contribution in [0, 0.1) is 0 Å². The van der Waals surface area contributed by atoms with E-state index >= 15 is 0 Å². The van der Waals surface area contributed by atoms with Crippen LogP contribution in [0.15, 0.2) is 48.5 Å². The fraction of sp³-hybridized carbons (Fsp3) is 0.333. The van der Waals surface area contributed by atoms with Gasteiger partial charge in [0.25, 0.3) is 0 Å². The number of benzene rings is 2. The maximum absolute atomic E-state index is 9.37. The highest BCUT2D eigenvalue weighted by molar-refractivity contribution is 7.80. The molecule has 4 nitrogen and oxygen atoms in total. The quantitative estimate of drug-likeness (QED) is 0.306. The summed E-state index contributed by atoms with van der Waals surface area (Å²) < 4.78 is 0. The summed E-state index contributed by atoms with van der Waals surface area (Å²) in [5, 5.41) is 25.7. The molecule has 0 spiro atoms. The van der Waals surface area contributed by atoms with Crippen molar-refractivity contribution in [2.24, 2.45) is 0 Å². The van der Waals surface area contributed by atoms with E-state index in [1.807, 2.05) is 24.3 Å². The maximum atomic E-state index is 9.37. The third kappa shape index (κ3) is 5.63. The van der Waals surface area contributed by atoms with E-state index in [1.165, 1.54) is 0 Å². The molecule has 0 saturated heterocycles. The largest absolute Gasteiger partial charge is 0.508 e. The van der Waals surface area contributed by atoms with E-state index in [9.17, 15) is 10.2 Å². The molecule has 0 bridgehead atoms. The fourth-order valence-electron chi connectivity index (χ4n) is 2.48. The SMILES string of the molecule is Oc1ccc(C(CS)NCCNC(CS)c2ccc(O)cc2)cc1.